The molecule has 130 valence electrons. The second kappa shape index (κ2) is 5.94. The zero-order valence-electron chi connectivity index (χ0n) is 13.3. The first-order chi connectivity index (χ1) is 12.4. The van der Waals surface area contributed by atoms with Crippen LogP contribution in [-0.4, -0.2) is 16.1 Å². The molecule has 6 heteroatoms. The molecule has 0 radical (unpaired) electrons. The molecule has 1 aliphatic rings. The van der Waals surface area contributed by atoms with E-state index < -0.39 is 5.41 Å². The van der Waals surface area contributed by atoms with Crippen molar-refractivity contribution in [2.24, 2.45) is 0 Å². The first-order valence-electron chi connectivity index (χ1n) is 7.83. The molecule has 0 fully saturated rings. The average Bonchev–Trinajstić information content (AvgIpc) is 2.95. The molecule has 0 spiro atoms. The van der Waals surface area contributed by atoms with Crippen molar-refractivity contribution >= 4 is 34.8 Å². The van der Waals surface area contributed by atoms with E-state index >= 15 is 0 Å². The number of carbonyl (C=O) groups is 1. The fraction of sp³-hybridized carbons (Fsp3) is 0.0500. The van der Waals surface area contributed by atoms with Crippen LogP contribution in [0.1, 0.15) is 16.7 Å². The summed E-state index contributed by atoms with van der Waals surface area (Å²) in [4.78, 5) is 13.3. The minimum Gasteiger partial charge on any atom is -0.508 e. The van der Waals surface area contributed by atoms with E-state index in [2.05, 4.69) is 5.32 Å². The number of amides is 1. The van der Waals surface area contributed by atoms with E-state index in [1.807, 2.05) is 0 Å². The molecular formula is C20H13Cl2NO3. The predicted molar refractivity (Wildman–Crippen MR) is 101 cm³/mol. The van der Waals surface area contributed by atoms with Gasteiger partial charge in [0.05, 0.1) is 10.7 Å². The highest BCUT2D eigenvalue weighted by molar-refractivity contribution is 6.38. The van der Waals surface area contributed by atoms with Crippen LogP contribution in [0.2, 0.25) is 10.0 Å². The Morgan fingerprint density at radius 1 is 0.731 bits per heavy atom. The van der Waals surface area contributed by atoms with Gasteiger partial charge in [-0.15, -0.1) is 0 Å². The molecule has 0 atom stereocenters. The van der Waals surface area contributed by atoms with E-state index in [9.17, 15) is 15.0 Å². The number of rotatable bonds is 2. The van der Waals surface area contributed by atoms with Gasteiger partial charge in [0.1, 0.15) is 16.9 Å². The Kier molecular flexibility index (Phi) is 3.83. The van der Waals surface area contributed by atoms with Crippen LogP contribution in [0.25, 0.3) is 0 Å². The molecule has 0 saturated heterocycles. The van der Waals surface area contributed by atoms with Crippen molar-refractivity contribution in [2.45, 2.75) is 5.41 Å². The first kappa shape index (κ1) is 16.8. The number of phenols is 2. The molecule has 4 nitrogen and oxygen atoms in total. The maximum atomic E-state index is 13.3. The third-order valence-corrected chi connectivity index (χ3v) is 5.29. The second-order valence-corrected chi connectivity index (χ2v) is 6.89. The summed E-state index contributed by atoms with van der Waals surface area (Å²) < 4.78 is 0. The number of benzene rings is 3. The number of halogens is 2. The predicted octanol–water partition coefficient (Wildman–Crippen LogP) is 4.69. The van der Waals surface area contributed by atoms with Gasteiger partial charge in [-0.1, -0.05) is 47.5 Å². The van der Waals surface area contributed by atoms with Crippen LogP contribution < -0.4 is 5.32 Å². The number of fused-ring (bicyclic) bond motifs is 1. The Labute approximate surface area is 159 Å². The normalized spacial score (nSPS) is 14.8. The first-order valence-corrected chi connectivity index (χ1v) is 8.59. The molecule has 0 bridgehead atoms. The van der Waals surface area contributed by atoms with Crippen molar-refractivity contribution in [1.29, 1.82) is 0 Å². The number of aromatic hydroxyl groups is 2. The molecular weight excluding hydrogens is 373 g/mol. The van der Waals surface area contributed by atoms with Gasteiger partial charge < -0.3 is 15.5 Å². The molecule has 0 aromatic heterocycles. The van der Waals surface area contributed by atoms with Crippen LogP contribution in [0.4, 0.5) is 5.69 Å². The summed E-state index contributed by atoms with van der Waals surface area (Å²) in [7, 11) is 0. The van der Waals surface area contributed by atoms with E-state index in [0.717, 1.165) is 0 Å². The zero-order chi connectivity index (χ0) is 18.5. The summed E-state index contributed by atoms with van der Waals surface area (Å²) in [5.41, 5.74) is 1.01. The lowest BCUT2D eigenvalue weighted by Crippen LogP contribution is -2.37. The monoisotopic (exact) mass is 385 g/mol. The molecule has 3 aromatic rings. The van der Waals surface area contributed by atoms with Crippen molar-refractivity contribution < 1.29 is 15.0 Å². The summed E-state index contributed by atoms with van der Waals surface area (Å²) in [6.45, 7) is 0. The number of carbonyl (C=O) groups excluding carboxylic acids is 1. The summed E-state index contributed by atoms with van der Waals surface area (Å²) in [6.07, 6.45) is 0. The van der Waals surface area contributed by atoms with Gasteiger partial charge in [0, 0.05) is 10.6 Å². The molecule has 0 aliphatic carbocycles. The highest BCUT2D eigenvalue weighted by Crippen LogP contribution is 2.52. The van der Waals surface area contributed by atoms with E-state index in [4.69, 9.17) is 23.2 Å². The van der Waals surface area contributed by atoms with Gasteiger partial charge in [0.2, 0.25) is 5.91 Å². The van der Waals surface area contributed by atoms with E-state index in [0.29, 0.717) is 32.4 Å². The largest absolute Gasteiger partial charge is 0.508 e. The van der Waals surface area contributed by atoms with Crippen molar-refractivity contribution in [3.05, 3.63) is 87.4 Å². The highest BCUT2D eigenvalue weighted by atomic mass is 35.5. The van der Waals surface area contributed by atoms with Gasteiger partial charge in [0.25, 0.3) is 0 Å². The highest BCUT2D eigenvalue weighted by Gasteiger charge is 2.51. The molecule has 3 N–H and O–H groups in total. The average molecular weight is 386 g/mol. The van der Waals surface area contributed by atoms with E-state index in [1.165, 1.54) is 24.3 Å². The Balaban J connectivity index is 2.12. The second-order valence-electron chi connectivity index (χ2n) is 6.08. The van der Waals surface area contributed by atoms with Crippen LogP contribution in [0.3, 0.4) is 0 Å². The summed E-state index contributed by atoms with van der Waals surface area (Å²) >= 11 is 12.8. The van der Waals surface area contributed by atoms with Crippen molar-refractivity contribution in [3.63, 3.8) is 0 Å². The number of phenolic OH excluding ortho intramolecular Hbond substituents is 2. The summed E-state index contributed by atoms with van der Waals surface area (Å²) in [6, 6.07) is 16.0. The number of nitrogens with one attached hydrogen (secondary N) is 1. The molecule has 3 aromatic carbocycles. The maximum absolute atomic E-state index is 13.3. The third kappa shape index (κ3) is 2.26. The fourth-order valence-electron chi connectivity index (χ4n) is 3.50. The number of anilines is 1. The Hall–Kier alpha value is -2.69. The van der Waals surface area contributed by atoms with Crippen LogP contribution in [0, 0.1) is 0 Å². The Morgan fingerprint density at radius 3 is 1.69 bits per heavy atom. The van der Waals surface area contributed by atoms with Gasteiger partial charge in [-0.2, -0.15) is 0 Å². The number of hydrogen-bond acceptors (Lipinski definition) is 3. The fourth-order valence-corrected chi connectivity index (χ4v) is 4.01. The van der Waals surface area contributed by atoms with Crippen LogP contribution in [-0.2, 0) is 10.2 Å². The van der Waals surface area contributed by atoms with Crippen LogP contribution in [0.5, 0.6) is 11.5 Å². The van der Waals surface area contributed by atoms with Crippen LogP contribution >= 0.6 is 23.2 Å². The Bertz CT molecular complexity index is 969. The summed E-state index contributed by atoms with van der Waals surface area (Å²) in [5.74, 6) is -0.130. The minimum atomic E-state index is -1.25. The quantitative estimate of drug-likeness (QED) is 0.599. The molecule has 1 heterocycles. The van der Waals surface area contributed by atoms with Crippen molar-refractivity contribution in [1.82, 2.24) is 0 Å². The van der Waals surface area contributed by atoms with Gasteiger partial charge in [-0.3, -0.25) is 4.79 Å². The molecule has 26 heavy (non-hydrogen) atoms. The standard InChI is InChI=1S/C20H13Cl2NO3/c21-15-9-10-16(22)18-17(15)20(19(26)23-18,11-1-5-13(24)6-2-11)12-3-7-14(25)8-4-12/h1-10,24-25H,(H,23,26). The lowest BCUT2D eigenvalue weighted by atomic mass is 9.70. The summed E-state index contributed by atoms with van der Waals surface area (Å²) in [5, 5.41) is 23.0. The molecule has 1 amide bonds. The lowest BCUT2D eigenvalue weighted by molar-refractivity contribution is -0.118. The van der Waals surface area contributed by atoms with Crippen LogP contribution in [0.15, 0.2) is 60.7 Å². The van der Waals surface area contributed by atoms with Crippen molar-refractivity contribution in [3.8, 4) is 11.5 Å². The maximum Gasteiger partial charge on any atom is 0.244 e. The zero-order valence-corrected chi connectivity index (χ0v) is 14.8. The molecule has 0 unspecified atom stereocenters. The van der Waals surface area contributed by atoms with Gasteiger partial charge in [-0.25, -0.2) is 0 Å². The Morgan fingerprint density at radius 2 is 1.19 bits per heavy atom. The topological polar surface area (TPSA) is 69.6 Å². The van der Waals surface area contributed by atoms with Gasteiger partial charge >= 0.3 is 0 Å². The van der Waals surface area contributed by atoms with Crippen molar-refractivity contribution in [2.75, 3.05) is 5.32 Å². The third-order valence-electron chi connectivity index (χ3n) is 4.66. The number of hydrogen-bond donors (Lipinski definition) is 3. The van der Waals surface area contributed by atoms with E-state index in [1.54, 1.807) is 36.4 Å². The molecule has 4 rings (SSSR count). The minimum absolute atomic E-state index is 0.0884. The molecule has 0 saturated carbocycles. The molecule has 1 aliphatic heterocycles. The van der Waals surface area contributed by atoms with E-state index in [-0.39, 0.29) is 17.4 Å². The van der Waals surface area contributed by atoms with Gasteiger partial charge in [-0.05, 0) is 47.5 Å². The smallest absolute Gasteiger partial charge is 0.244 e. The SMILES string of the molecule is O=C1Nc2c(Cl)ccc(Cl)c2C1(c1ccc(O)cc1)c1ccc(O)cc1. The lowest BCUT2D eigenvalue weighted by Gasteiger charge is -2.29. The van der Waals surface area contributed by atoms with Gasteiger partial charge in [0.15, 0.2) is 0 Å².